The summed E-state index contributed by atoms with van der Waals surface area (Å²) in [6.07, 6.45) is 10.3. The second kappa shape index (κ2) is 5.48. The molecular weight excluding hydrogens is 212 g/mol. The zero-order valence-electron chi connectivity index (χ0n) is 10.9. The highest BCUT2D eigenvalue weighted by Gasteiger charge is 2.28. The van der Waals surface area contributed by atoms with Crippen LogP contribution in [0.1, 0.15) is 44.6 Å². The molecule has 1 heterocycles. The van der Waals surface area contributed by atoms with Crippen LogP contribution in [0.3, 0.4) is 0 Å². The fourth-order valence-corrected chi connectivity index (χ4v) is 2.93. The van der Waals surface area contributed by atoms with Crippen LogP contribution in [0.15, 0.2) is 12.4 Å². The van der Waals surface area contributed by atoms with Gasteiger partial charge in [-0.15, -0.1) is 0 Å². The number of carbonyl (C=O) groups is 1. The molecule has 1 aliphatic carbocycles. The lowest BCUT2D eigenvalue weighted by molar-refractivity contribution is -0.125. The first-order valence-corrected chi connectivity index (χ1v) is 6.69. The van der Waals surface area contributed by atoms with Gasteiger partial charge >= 0.3 is 0 Å². The fraction of sp³-hybridized carbons (Fsp3) is 0.714. The summed E-state index contributed by atoms with van der Waals surface area (Å²) >= 11 is 0. The van der Waals surface area contributed by atoms with Crippen LogP contribution < -0.4 is 0 Å². The number of nitrogens with zero attached hydrogens (tertiary/aromatic N) is 2. The Kier molecular flexibility index (Phi) is 3.97. The summed E-state index contributed by atoms with van der Waals surface area (Å²) in [7, 11) is 1.92. The highest BCUT2D eigenvalue weighted by atomic mass is 16.1. The van der Waals surface area contributed by atoms with Gasteiger partial charge in [-0.3, -0.25) is 9.48 Å². The maximum atomic E-state index is 11.9. The molecule has 0 N–H and O–H groups in total. The summed E-state index contributed by atoms with van der Waals surface area (Å²) in [6, 6.07) is 0. The van der Waals surface area contributed by atoms with Gasteiger partial charge in [0.25, 0.3) is 0 Å². The quantitative estimate of drug-likeness (QED) is 0.803. The SMILES string of the molecule is CCCC1CCC(=O)C(Cc2cnn(C)c2)C1. The van der Waals surface area contributed by atoms with Crippen molar-refractivity contribution < 1.29 is 4.79 Å². The molecule has 0 spiro atoms. The van der Waals surface area contributed by atoms with Crippen molar-refractivity contribution >= 4 is 5.78 Å². The monoisotopic (exact) mass is 234 g/mol. The van der Waals surface area contributed by atoms with Crippen molar-refractivity contribution in [3.8, 4) is 0 Å². The third-order valence-electron chi connectivity index (χ3n) is 3.81. The van der Waals surface area contributed by atoms with Crippen LogP contribution in [0.4, 0.5) is 0 Å². The number of aromatic nitrogens is 2. The Balaban J connectivity index is 1.96. The number of ketones is 1. The number of hydrogen-bond donors (Lipinski definition) is 0. The predicted octanol–water partition coefficient (Wildman–Crippen LogP) is 2.75. The van der Waals surface area contributed by atoms with Gasteiger partial charge in [-0.2, -0.15) is 5.10 Å². The summed E-state index contributed by atoms with van der Waals surface area (Å²) < 4.78 is 1.81. The summed E-state index contributed by atoms with van der Waals surface area (Å²) in [5, 5.41) is 4.17. The smallest absolute Gasteiger partial charge is 0.136 e. The van der Waals surface area contributed by atoms with Gasteiger partial charge in [0.2, 0.25) is 0 Å². The first-order chi connectivity index (χ1) is 8.19. The zero-order valence-corrected chi connectivity index (χ0v) is 10.9. The Morgan fingerprint density at radius 2 is 2.35 bits per heavy atom. The minimum absolute atomic E-state index is 0.240. The second-order valence-corrected chi connectivity index (χ2v) is 5.32. The van der Waals surface area contributed by atoms with Gasteiger partial charge in [-0.25, -0.2) is 0 Å². The molecule has 3 nitrogen and oxygen atoms in total. The van der Waals surface area contributed by atoms with Crippen molar-refractivity contribution in [2.45, 2.75) is 45.4 Å². The third kappa shape index (κ3) is 3.18. The van der Waals surface area contributed by atoms with E-state index in [-0.39, 0.29) is 5.92 Å². The maximum absolute atomic E-state index is 11.9. The predicted molar refractivity (Wildman–Crippen MR) is 67.7 cm³/mol. The molecule has 0 amide bonds. The number of rotatable bonds is 4. The van der Waals surface area contributed by atoms with E-state index in [4.69, 9.17) is 0 Å². The third-order valence-corrected chi connectivity index (χ3v) is 3.81. The van der Waals surface area contributed by atoms with E-state index >= 15 is 0 Å². The lowest BCUT2D eigenvalue weighted by atomic mass is 9.76. The molecule has 0 bridgehead atoms. The topological polar surface area (TPSA) is 34.9 Å². The van der Waals surface area contributed by atoms with Gasteiger partial charge in [-0.05, 0) is 30.7 Å². The summed E-state index contributed by atoms with van der Waals surface area (Å²) in [4.78, 5) is 11.9. The fourth-order valence-electron chi connectivity index (χ4n) is 2.93. The molecule has 1 aromatic rings. The minimum atomic E-state index is 0.240. The Bertz CT molecular complexity index is 383. The van der Waals surface area contributed by atoms with Crippen molar-refractivity contribution in [2.75, 3.05) is 0 Å². The number of carbonyl (C=O) groups excluding carboxylic acids is 1. The molecule has 0 aromatic carbocycles. The van der Waals surface area contributed by atoms with E-state index in [0.29, 0.717) is 5.78 Å². The van der Waals surface area contributed by atoms with Gasteiger partial charge in [0.1, 0.15) is 5.78 Å². The summed E-state index contributed by atoms with van der Waals surface area (Å²) in [5.74, 6) is 1.46. The van der Waals surface area contributed by atoms with Gasteiger partial charge in [0.05, 0.1) is 6.20 Å². The molecule has 1 aliphatic rings. The van der Waals surface area contributed by atoms with Crippen LogP contribution in [0, 0.1) is 11.8 Å². The summed E-state index contributed by atoms with van der Waals surface area (Å²) in [6.45, 7) is 2.23. The lowest BCUT2D eigenvalue weighted by Crippen LogP contribution is -2.26. The van der Waals surface area contributed by atoms with E-state index < -0.39 is 0 Å². The molecule has 1 aromatic heterocycles. The zero-order chi connectivity index (χ0) is 12.3. The second-order valence-electron chi connectivity index (χ2n) is 5.32. The van der Waals surface area contributed by atoms with E-state index in [0.717, 1.165) is 31.6 Å². The molecule has 0 radical (unpaired) electrons. The van der Waals surface area contributed by atoms with Crippen LogP contribution in [-0.4, -0.2) is 15.6 Å². The first-order valence-electron chi connectivity index (χ1n) is 6.69. The van der Waals surface area contributed by atoms with Gasteiger partial charge in [-0.1, -0.05) is 19.8 Å². The highest BCUT2D eigenvalue weighted by Crippen LogP contribution is 2.31. The van der Waals surface area contributed by atoms with Crippen LogP contribution in [0.2, 0.25) is 0 Å². The average Bonchev–Trinajstić information content (AvgIpc) is 2.69. The number of Topliss-reactive ketones (excluding diaryl/α,β-unsaturated/α-hetero) is 1. The lowest BCUT2D eigenvalue weighted by Gasteiger charge is -2.27. The van der Waals surface area contributed by atoms with Crippen LogP contribution in [0.5, 0.6) is 0 Å². The van der Waals surface area contributed by atoms with Gasteiger partial charge < -0.3 is 0 Å². The highest BCUT2D eigenvalue weighted by molar-refractivity contribution is 5.82. The van der Waals surface area contributed by atoms with E-state index in [2.05, 4.69) is 12.0 Å². The molecule has 94 valence electrons. The molecule has 2 unspecified atom stereocenters. The van der Waals surface area contributed by atoms with Crippen molar-refractivity contribution in [1.82, 2.24) is 9.78 Å². The maximum Gasteiger partial charge on any atom is 0.136 e. The Hall–Kier alpha value is -1.12. The normalized spacial score (nSPS) is 25.2. The van der Waals surface area contributed by atoms with Crippen molar-refractivity contribution in [3.63, 3.8) is 0 Å². The first kappa shape index (κ1) is 12.3. The molecule has 2 rings (SSSR count). The van der Waals surface area contributed by atoms with Crippen LogP contribution in [-0.2, 0) is 18.3 Å². The molecule has 17 heavy (non-hydrogen) atoms. The molecule has 0 saturated heterocycles. The summed E-state index contributed by atoms with van der Waals surface area (Å²) in [5.41, 5.74) is 1.20. The number of aryl methyl sites for hydroxylation is 1. The molecule has 1 saturated carbocycles. The molecule has 0 aliphatic heterocycles. The molecule has 2 atom stereocenters. The van der Waals surface area contributed by atoms with Crippen LogP contribution in [0.25, 0.3) is 0 Å². The van der Waals surface area contributed by atoms with E-state index in [1.807, 2.05) is 24.1 Å². The van der Waals surface area contributed by atoms with E-state index in [1.165, 1.54) is 18.4 Å². The number of hydrogen-bond acceptors (Lipinski definition) is 2. The largest absolute Gasteiger partial charge is 0.299 e. The van der Waals surface area contributed by atoms with Crippen molar-refractivity contribution in [3.05, 3.63) is 18.0 Å². The Morgan fingerprint density at radius 3 is 3.00 bits per heavy atom. The molecule has 1 fully saturated rings. The molecule has 3 heteroatoms. The van der Waals surface area contributed by atoms with E-state index in [1.54, 1.807) is 0 Å². The van der Waals surface area contributed by atoms with Crippen LogP contribution >= 0.6 is 0 Å². The van der Waals surface area contributed by atoms with Crippen molar-refractivity contribution in [1.29, 1.82) is 0 Å². The van der Waals surface area contributed by atoms with Crippen molar-refractivity contribution in [2.24, 2.45) is 18.9 Å². The standard InChI is InChI=1S/C14H22N2O/c1-3-4-11-5-6-14(17)13(7-11)8-12-9-15-16(2)10-12/h9-11,13H,3-8H2,1-2H3. The minimum Gasteiger partial charge on any atom is -0.299 e. The Morgan fingerprint density at radius 1 is 1.53 bits per heavy atom. The van der Waals surface area contributed by atoms with E-state index in [9.17, 15) is 4.79 Å². The Labute approximate surface area is 103 Å². The average molecular weight is 234 g/mol. The van der Waals surface area contributed by atoms with Gasteiger partial charge in [0.15, 0.2) is 0 Å². The van der Waals surface area contributed by atoms with Gasteiger partial charge in [0, 0.05) is 25.6 Å². The molecular formula is C14H22N2O.